The number of halogens is 1. The van der Waals surface area contributed by atoms with Gasteiger partial charge < -0.3 is 15.7 Å². The van der Waals surface area contributed by atoms with Crippen LogP contribution in [0.2, 0.25) is 0 Å². The van der Waals surface area contributed by atoms with Gasteiger partial charge in [-0.3, -0.25) is 4.98 Å². The Balaban J connectivity index is 0.00000242. The predicted octanol–water partition coefficient (Wildman–Crippen LogP) is 2.37. The maximum atomic E-state index is 9.56. The Morgan fingerprint density at radius 3 is 2.68 bits per heavy atom. The molecule has 2 rings (SSSR count). The summed E-state index contributed by atoms with van der Waals surface area (Å²) in [5.74, 6) is 0.835. The number of guanidine groups is 1. The first-order valence-corrected chi connectivity index (χ1v) is 7.83. The van der Waals surface area contributed by atoms with Crippen molar-refractivity contribution in [1.29, 1.82) is 0 Å². The summed E-state index contributed by atoms with van der Waals surface area (Å²) in [6, 6.07) is 6.40. The third-order valence-electron chi connectivity index (χ3n) is 3.73. The van der Waals surface area contributed by atoms with Crippen molar-refractivity contribution in [2.45, 2.75) is 58.2 Å². The standard InChI is InChI=1S/C16H26N4O.HI/c1-3-17-16(20-13-7-9-15(21)10-8-13)18-11-14-6-4-5-12(2)19-14;/h4-6,13,15,21H,3,7-11H2,1-2H3,(H2,17,18,20);1H. The van der Waals surface area contributed by atoms with E-state index in [9.17, 15) is 5.11 Å². The number of aliphatic hydroxyl groups is 1. The van der Waals surface area contributed by atoms with Gasteiger partial charge in [-0.1, -0.05) is 6.07 Å². The summed E-state index contributed by atoms with van der Waals surface area (Å²) in [5, 5.41) is 16.3. The molecule has 22 heavy (non-hydrogen) atoms. The lowest BCUT2D eigenvalue weighted by Gasteiger charge is -2.27. The number of aliphatic imine (C=N–C) groups is 1. The minimum Gasteiger partial charge on any atom is -0.393 e. The van der Waals surface area contributed by atoms with Gasteiger partial charge in [0.05, 0.1) is 18.3 Å². The summed E-state index contributed by atoms with van der Waals surface area (Å²) in [4.78, 5) is 9.07. The number of nitrogens with zero attached hydrogens (tertiary/aromatic N) is 2. The molecule has 0 amide bonds. The van der Waals surface area contributed by atoms with Gasteiger partial charge in [0, 0.05) is 18.3 Å². The van der Waals surface area contributed by atoms with E-state index in [1.807, 2.05) is 25.1 Å². The molecule has 1 aliphatic carbocycles. The SMILES string of the molecule is CCNC(=NCc1cccc(C)n1)NC1CCC(O)CC1.I. The smallest absolute Gasteiger partial charge is 0.191 e. The number of hydrogen-bond acceptors (Lipinski definition) is 3. The molecule has 0 radical (unpaired) electrons. The first-order chi connectivity index (χ1) is 10.2. The van der Waals surface area contributed by atoms with E-state index >= 15 is 0 Å². The average molecular weight is 418 g/mol. The summed E-state index contributed by atoms with van der Waals surface area (Å²) in [7, 11) is 0. The van der Waals surface area contributed by atoms with Crippen molar-refractivity contribution < 1.29 is 5.11 Å². The number of rotatable bonds is 4. The molecule has 0 atom stereocenters. The van der Waals surface area contributed by atoms with E-state index in [1.54, 1.807) is 0 Å². The Morgan fingerprint density at radius 1 is 1.32 bits per heavy atom. The van der Waals surface area contributed by atoms with Crippen molar-refractivity contribution in [1.82, 2.24) is 15.6 Å². The van der Waals surface area contributed by atoms with Gasteiger partial charge in [-0.25, -0.2) is 4.99 Å². The molecule has 1 fully saturated rings. The lowest BCUT2D eigenvalue weighted by atomic mass is 9.93. The van der Waals surface area contributed by atoms with E-state index in [0.29, 0.717) is 12.6 Å². The topological polar surface area (TPSA) is 69.5 Å². The van der Waals surface area contributed by atoms with Gasteiger partial charge in [-0.05, 0) is 51.7 Å². The van der Waals surface area contributed by atoms with Gasteiger partial charge in [0.2, 0.25) is 0 Å². The molecule has 1 saturated carbocycles. The second kappa shape index (κ2) is 9.99. The van der Waals surface area contributed by atoms with Crippen LogP contribution in [0.1, 0.15) is 44.0 Å². The molecule has 0 aliphatic heterocycles. The second-order valence-electron chi connectivity index (χ2n) is 5.62. The molecule has 0 spiro atoms. The summed E-state index contributed by atoms with van der Waals surface area (Å²) >= 11 is 0. The Morgan fingerprint density at radius 2 is 2.05 bits per heavy atom. The van der Waals surface area contributed by atoms with E-state index in [2.05, 4.69) is 27.5 Å². The van der Waals surface area contributed by atoms with E-state index in [0.717, 1.165) is 49.6 Å². The van der Waals surface area contributed by atoms with E-state index < -0.39 is 0 Å². The zero-order valence-corrected chi connectivity index (χ0v) is 15.7. The molecule has 1 aromatic heterocycles. The average Bonchev–Trinajstić information content (AvgIpc) is 2.47. The number of hydrogen-bond donors (Lipinski definition) is 3. The van der Waals surface area contributed by atoms with Gasteiger partial charge in [0.25, 0.3) is 0 Å². The lowest BCUT2D eigenvalue weighted by Crippen LogP contribution is -2.45. The van der Waals surface area contributed by atoms with Crippen LogP contribution in [-0.4, -0.2) is 34.7 Å². The summed E-state index contributed by atoms with van der Waals surface area (Å²) in [5.41, 5.74) is 1.99. The van der Waals surface area contributed by atoms with Crippen LogP contribution in [-0.2, 0) is 6.54 Å². The molecule has 1 heterocycles. The lowest BCUT2D eigenvalue weighted by molar-refractivity contribution is 0.120. The van der Waals surface area contributed by atoms with E-state index in [-0.39, 0.29) is 30.1 Å². The maximum Gasteiger partial charge on any atom is 0.191 e. The Hall–Kier alpha value is -0.890. The van der Waals surface area contributed by atoms with Crippen molar-refractivity contribution in [3.05, 3.63) is 29.6 Å². The quantitative estimate of drug-likeness (QED) is 0.399. The molecule has 3 N–H and O–H groups in total. The third-order valence-corrected chi connectivity index (χ3v) is 3.73. The molecule has 1 aromatic rings. The number of aromatic nitrogens is 1. The number of pyridine rings is 1. The van der Waals surface area contributed by atoms with Crippen LogP contribution in [0.3, 0.4) is 0 Å². The molecule has 0 bridgehead atoms. The third kappa shape index (κ3) is 6.48. The minimum absolute atomic E-state index is 0. The Labute approximate surface area is 150 Å². The highest BCUT2D eigenvalue weighted by Crippen LogP contribution is 2.18. The van der Waals surface area contributed by atoms with Crippen LogP contribution < -0.4 is 10.6 Å². The largest absolute Gasteiger partial charge is 0.393 e. The highest BCUT2D eigenvalue weighted by molar-refractivity contribution is 14.0. The van der Waals surface area contributed by atoms with Gasteiger partial charge >= 0.3 is 0 Å². The normalized spacial score (nSPS) is 21.9. The van der Waals surface area contributed by atoms with Crippen molar-refractivity contribution in [2.75, 3.05) is 6.54 Å². The van der Waals surface area contributed by atoms with Gasteiger partial charge in [-0.15, -0.1) is 24.0 Å². The Kier molecular flexibility index (Phi) is 8.70. The zero-order chi connectivity index (χ0) is 15.1. The van der Waals surface area contributed by atoms with Crippen LogP contribution >= 0.6 is 24.0 Å². The molecule has 124 valence electrons. The van der Waals surface area contributed by atoms with Crippen molar-refractivity contribution in [3.8, 4) is 0 Å². The summed E-state index contributed by atoms with van der Waals surface area (Å²) in [6.45, 7) is 5.46. The maximum absolute atomic E-state index is 9.56. The summed E-state index contributed by atoms with van der Waals surface area (Å²) < 4.78 is 0. The summed E-state index contributed by atoms with van der Waals surface area (Å²) in [6.07, 6.45) is 3.61. The predicted molar refractivity (Wildman–Crippen MR) is 101 cm³/mol. The molecule has 0 aromatic carbocycles. The minimum atomic E-state index is -0.126. The van der Waals surface area contributed by atoms with Gasteiger partial charge in [0.1, 0.15) is 0 Å². The van der Waals surface area contributed by atoms with E-state index in [4.69, 9.17) is 0 Å². The van der Waals surface area contributed by atoms with Crippen LogP contribution in [0.15, 0.2) is 23.2 Å². The molecule has 5 nitrogen and oxygen atoms in total. The number of aryl methyl sites for hydroxylation is 1. The fourth-order valence-electron chi connectivity index (χ4n) is 2.58. The molecule has 0 unspecified atom stereocenters. The van der Waals surface area contributed by atoms with Crippen LogP contribution in [0, 0.1) is 6.92 Å². The highest BCUT2D eigenvalue weighted by Gasteiger charge is 2.19. The molecule has 1 aliphatic rings. The van der Waals surface area contributed by atoms with Crippen molar-refractivity contribution in [3.63, 3.8) is 0 Å². The van der Waals surface area contributed by atoms with E-state index in [1.165, 1.54) is 0 Å². The van der Waals surface area contributed by atoms with Crippen molar-refractivity contribution >= 4 is 29.9 Å². The van der Waals surface area contributed by atoms with Crippen molar-refractivity contribution in [2.24, 2.45) is 4.99 Å². The zero-order valence-electron chi connectivity index (χ0n) is 13.4. The van der Waals surface area contributed by atoms with Gasteiger partial charge in [0.15, 0.2) is 5.96 Å². The fourth-order valence-corrected chi connectivity index (χ4v) is 2.58. The Bertz CT molecular complexity index is 473. The molecule has 6 heteroatoms. The van der Waals surface area contributed by atoms with Crippen LogP contribution in [0.5, 0.6) is 0 Å². The molecule has 0 saturated heterocycles. The first kappa shape index (κ1) is 19.2. The first-order valence-electron chi connectivity index (χ1n) is 7.83. The fraction of sp³-hybridized carbons (Fsp3) is 0.625. The van der Waals surface area contributed by atoms with Gasteiger partial charge in [-0.2, -0.15) is 0 Å². The highest BCUT2D eigenvalue weighted by atomic mass is 127. The van der Waals surface area contributed by atoms with Crippen LogP contribution in [0.4, 0.5) is 0 Å². The monoisotopic (exact) mass is 418 g/mol. The molecular weight excluding hydrogens is 391 g/mol. The molecular formula is C16H27IN4O. The number of aliphatic hydroxyl groups excluding tert-OH is 1. The van der Waals surface area contributed by atoms with Crippen LogP contribution in [0.25, 0.3) is 0 Å². The number of nitrogens with one attached hydrogen (secondary N) is 2. The second-order valence-corrected chi connectivity index (χ2v) is 5.62.